The molecule has 0 atom stereocenters. The third-order valence-electron chi connectivity index (χ3n) is 3.48. The lowest BCUT2D eigenvalue weighted by Crippen LogP contribution is -2.17. The molecule has 0 fully saturated rings. The Morgan fingerprint density at radius 3 is 2.59 bits per heavy atom. The molecule has 2 heterocycles. The van der Waals surface area contributed by atoms with Gasteiger partial charge >= 0.3 is 0 Å². The highest BCUT2D eigenvalue weighted by atomic mass is 16.5. The van der Waals surface area contributed by atoms with Crippen LogP contribution < -0.4 is 10.2 Å². The van der Waals surface area contributed by atoms with Gasteiger partial charge in [0.2, 0.25) is 5.91 Å². The second-order valence-corrected chi connectivity index (χ2v) is 5.26. The van der Waals surface area contributed by atoms with Crippen LogP contribution in [0.5, 0.6) is 0 Å². The molecule has 2 rings (SSSR count). The van der Waals surface area contributed by atoms with Gasteiger partial charge in [-0.1, -0.05) is 19.0 Å². The van der Waals surface area contributed by atoms with E-state index in [9.17, 15) is 4.79 Å². The van der Waals surface area contributed by atoms with E-state index in [1.54, 1.807) is 12.3 Å². The van der Waals surface area contributed by atoms with Crippen LogP contribution in [-0.2, 0) is 24.1 Å². The topological polar surface area (TPSA) is 71.3 Å². The minimum Gasteiger partial charge on any atom is -0.376 e. The van der Waals surface area contributed by atoms with E-state index in [2.05, 4.69) is 15.5 Å². The molecule has 1 N–H and O–H groups in total. The Labute approximate surface area is 130 Å². The molecule has 1 amide bonds. The fourth-order valence-electron chi connectivity index (χ4n) is 2.21. The first-order valence-corrected chi connectivity index (χ1v) is 7.44. The molecular weight excluding hydrogens is 280 g/mol. The number of anilines is 2. The van der Waals surface area contributed by atoms with E-state index in [1.165, 1.54) is 0 Å². The number of amides is 1. The monoisotopic (exact) mass is 302 g/mol. The third kappa shape index (κ3) is 3.63. The van der Waals surface area contributed by atoms with Gasteiger partial charge in [0.05, 0.1) is 24.0 Å². The molecule has 6 nitrogen and oxygen atoms in total. The summed E-state index contributed by atoms with van der Waals surface area (Å²) in [6.07, 6.45) is 3.46. The van der Waals surface area contributed by atoms with Gasteiger partial charge in [-0.25, -0.2) is 4.98 Å². The van der Waals surface area contributed by atoms with Crippen molar-refractivity contribution >= 4 is 17.4 Å². The van der Waals surface area contributed by atoms with Crippen LogP contribution in [-0.4, -0.2) is 30.1 Å². The Kier molecular flexibility index (Phi) is 5.14. The van der Waals surface area contributed by atoms with Crippen LogP contribution in [0.15, 0.2) is 22.9 Å². The summed E-state index contributed by atoms with van der Waals surface area (Å²) in [5.74, 6) is 1.21. The van der Waals surface area contributed by atoms with E-state index in [1.807, 2.05) is 38.9 Å². The Bertz CT molecular complexity index is 611. The minimum absolute atomic E-state index is 0.113. The van der Waals surface area contributed by atoms with Gasteiger partial charge in [-0.05, 0) is 18.6 Å². The van der Waals surface area contributed by atoms with Gasteiger partial charge < -0.3 is 14.7 Å². The summed E-state index contributed by atoms with van der Waals surface area (Å²) in [6.45, 7) is 3.99. The number of aryl methyl sites for hydroxylation is 2. The highest BCUT2D eigenvalue weighted by Gasteiger charge is 2.17. The molecule has 0 saturated heterocycles. The second-order valence-electron chi connectivity index (χ2n) is 5.26. The molecule has 2 aromatic rings. The molecule has 0 aliphatic rings. The fourth-order valence-corrected chi connectivity index (χ4v) is 2.21. The molecule has 0 bridgehead atoms. The number of nitrogens with one attached hydrogen (secondary N) is 1. The lowest BCUT2D eigenvalue weighted by Gasteiger charge is -2.12. The predicted molar refractivity (Wildman–Crippen MR) is 86.2 cm³/mol. The normalized spacial score (nSPS) is 10.5. The van der Waals surface area contributed by atoms with Crippen molar-refractivity contribution in [1.29, 1.82) is 0 Å². The zero-order chi connectivity index (χ0) is 16.1. The molecule has 0 saturated carbocycles. The standard InChI is InChI=1S/C16H22N4O2/c1-5-13-12(14(6-2)22-19-13)9-16(21)18-15-8-7-11(10-17-15)20(3)4/h7-8,10H,5-6,9H2,1-4H3,(H,17,18,21). The molecule has 6 heteroatoms. The molecule has 0 unspecified atom stereocenters. The van der Waals surface area contributed by atoms with Crippen molar-refractivity contribution in [2.24, 2.45) is 0 Å². The summed E-state index contributed by atoms with van der Waals surface area (Å²) in [6, 6.07) is 3.71. The van der Waals surface area contributed by atoms with E-state index >= 15 is 0 Å². The van der Waals surface area contributed by atoms with Crippen molar-refractivity contribution < 1.29 is 9.32 Å². The van der Waals surface area contributed by atoms with Gasteiger partial charge in [0.15, 0.2) is 0 Å². The Balaban J connectivity index is 2.05. The van der Waals surface area contributed by atoms with Crippen LogP contribution in [0.1, 0.15) is 30.9 Å². The molecule has 0 radical (unpaired) electrons. The maximum Gasteiger partial charge on any atom is 0.230 e. The smallest absolute Gasteiger partial charge is 0.230 e. The number of hydrogen-bond acceptors (Lipinski definition) is 5. The van der Waals surface area contributed by atoms with Gasteiger partial charge in [-0.15, -0.1) is 0 Å². The van der Waals surface area contributed by atoms with Crippen molar-refractivity contribution in [3.05, 3.63) is 35.3 Å². The van der Waals surface area contributed by atoms with Gasteiger partial charge in [0, 0.05) is 26.1 Å². The molecule has 22 heavy (non-hydrogen) atoms. The first-order chi connectivity index (χ1) is 10.5. The van der Waals surface area contributed by atoms with Crippen LogP contribution >= 0.6 is 0 Å². The zero-order valence-corrected chi connectivity index (χ0v) is 13.5. The minimum atomic E-state index is -0.113. The molecular formula is C16H22N4O2. The average molecular weight is 302 g/mol. The lowest BCUT2D eigenvalue weighted by molar-refractivity contribution is -0.115. The summed E-state index contributed by atoms with van der Waals surface area (Å²) in [5.41, 5.74) is 2.73. The molecule has 0 aliphatic carbocycles. The van der Waals surface area contributed by atoms with E-state index in [0.717, 1.165) is 35.5 Å². The molecule has 0 spiro atoms. The Hall–Kier alpha value is -2.37. The predicted octanol–water partition coefficient (Wildman–Crippen LogP) is 2.44. The van der Waals surface area contributed by atoms with Crippen LogP contribution in [0.3, 0.4) is 0 Å². The second kappa shape index (κ2) is 7.06. The highest BCUT2D eigenvalue weighted by molar-refractivity contribution is 5.91. The number of hydrogen-bond donors (Lipinski definition) is 1. The van der Waals surface area contributed by atoms with Gasteiger partial charge in [0.25, 0.3) is 0 Å². The number of aromatic nitrogens is 2. The van der Waals surface area contributed by atoms with Crippen LogP contribution in [0.4, 0.5) is 11.5 Å². The molecule has 118 valence electrons. The van der Waals surface area contributed by atoms with Crippen molar-refractivity contribution in [3.8, 4) is 0 Å². The number of rotatable bonds is 6. The zero-order valence-electron chi connectivity index (χ0n) is 13.5. The summed E-state index contributed by atoms with van der Waals surface area (Å²) in [7, 11) is 3.89. The maximum absolute atomic E-state index is 12.2. The quantitative estimate of drug-likeness (QED) is 0.887. The van der Waals surface area contributed by atoms with E-state index < -0.39 is 0 Å². The van der Waals surface area contributed by atoms with Gasteiger partial charge in [-0.2, -0.15) is 0 Å². The average Bonchev–Trinajstić information content (AvgIpc) is 2.89. The number of carbonyl (C=O) groups is 1. The largest absolute Gasteiger partial charge is 0.376 e. The number of pyridine rings is 1. The van der Waals surface area contributed by atoms with E-state index in [4.69, 9.17) is 4.52 Å². The van der Waals surface area contributed by atoms with Crippen LogP contribution in [0, 0.1) is 0 Å². The summed E-state index contributed by atoms with van der Waals surface area (Å²) < 4.78 is 5.28. The third-order valence-corrected chi connectivity index (χ3v) is 3.48. The van der Waals surface area contributed by atoms with Crippen LogP contribution in [0.2, 0.25) is 0 Å². The van der Waals surface area contributed by atoms with Crippen molar-refractivity contribution in [2.75, 3.05) is 24.3 Å². The Morgan fingerprint density at radius 2 is 2.05 bits per heavy atom. The first-order valence-electron chi connectivity index (χ1n) is 7.44. The van der Waals surface area contributed by atoms with Gasteiger partial charge in [0.1, 0.15) is 11.6 Å². The SMILES string of the molecule is CCc1noc(CC)c1CC(=O)Nc1ccc(N(C)C)cn1. The van der Waals surface area contributed by atoms with Crippen molar-refractivity contribution in [2.45, 2.75) is 33.1 Å². The van der Waals surface area contributed by atoms with Crippen molar-refractivity contribution in [3.63, 3.8) is 0 Å². The maximum atomic E-state index is 12.2. The van der Waals surface area contributed by atoms with Gasteiger partial charge in [-0.3, -0.25) is 4.79 Å². The number of nitrogens with zero attached hydrogens (tertiary/aromatic N) is 3. The molecule has 0 aromatic carbocycles. The lowest BCUT2D eigenvalue weighted by atomic mass is 10.1. The summed E-state index contributed by atoms with van der Waals surface area (Å²) in [5, 5.41) is 6.83. The van der Waals surface area contributed by atoms with E-state index in [-0.39, 0.29) is 12.3 Å². The molecule has 2 aromatic heterocycles. The van der Waals surface area contributed by atoms with Crippen molar-refractivity contribution in [1.82, 2.24) is 10.1 Å². The summed E-state index contributed by atoms with van der Waals surface area (Å²) >= 11 is 0. The highest BCUT2D eigenvalue weighted by Crippen LogP contribution is 2.17. The first kappa shape index (κ1) is 16.0. The fraction of sp³-hybridized carbons (Fsp3) is 0.438. The molecule has 0 aliphatic heterocycles. The Morgan fingerprint density at radius 1 is 1.27 bits per heavy atom. The van der Waals surface area contributed by atoms with Crippen LogP contribution in [0.25, 0.3) is 0 Å². The number of carbonyl (C=O) groups excluding carboxylic acids is 1. The summed E-state index contributed by atoms with van der Waals surface area (Å²) in [4.78, 5) is 18.4. The van der Waals surface area contributed by atoms with E-state index in [0.29, 0.717) is 5.82 Å².